The van der Waals surface area contributed by atoms with Gasteiger partial charge in [-0.3, -0.25) is 0 Å². The smallest absolute Gasteiger partial charge is 0.228 e. The lowest BCUT2D eigenvalue weighted by molar-refractivity contribution is 0.374. The van der Waals surface area contributed by atoms with Crippen LogP contribution in [-0.4, -0.2) is 22.7 Å². The monoisotopic (exact) mass is 281 g/mol. The van der Waals surface area contributed by atoms with Crippen LogP contribution in [-0.2, 0) is 6.42 Å². The number of benzene rings is 2. The van der Waals surface area contributed by atoms with E-state index < -0.39 is 0 Å². The molecule has 1 N–H and O–H groups in total. The molecule has 2 aromatic carbocycles. The third kappa shape index (κ3) is 3.11. The molecule has 3 rings (SSSR count). The minimum atomic E-state index is 0.463. The van der Waals surface area contributed by atoms with Gasteiger partial charge in [0.1, 0.15) is 0 Å². The Bertz CT molecular complexity index is 728. The molecule has 4 nitrogen and oxygen atoms in total. The van der Waals surface area contributed by atoms with Crippen molar-refractivity contribution in [1.82, 2.24) is 15.5 Å². The summed E-state index contributed by atoms with van der Waals surface area (Å²) in [6, 6.07) is 14.8. The maximum atomic E-state index is 5.35. The van der Waals surface area contributed by atoms with Gasteiger partial charge in [-0.1, -0.05) is 61.5 Å². The van der Waals surface area contributed by atoms with Gasteiger partial charge in [0.05, 0.1) is 0 Å². The molecule has 0 spiro atoms. The van der Waals surface area contributed by atoms with Crippen LogP contribution in [0, 0.1) is 0 Å². The second-order valence-corrected chi connectivity index (χ2v) is 5.40. The van der Waals surface area contributed by atoms with Crippen molar-refractivity contribution in [2.24, 2.45) is 0 Å². The van der Waals surface area contributed by atoms with Crippen LogP contribution in [0.25, 0.3) is 22.2 Å². The molecule has 0 saturated heterocycles. The Morgan fingerprint density at radius 3 is 2.76 bits per heavy atom. The Balaban J connectivity index is 1.85. The number of hydrogen-bond donors (Lipinski definition) is 1. The fraction of sp³-hybridized carbons (Fsp3) is 0.294. The van der Waals surface area contributed by atoms with Gasteiger partial charge in [0, 0.05) is 24.6 Å². The first-order valence-electron chi connectivity index (χ1n) is 7.28. The summed E-state index contributed by atoms with van der Waals surface area (Å²) in [6.07, 6.45) is 0.746. The summed E-state index contributed by atoms with van der Waals surface area (Å²) in [5, 5.41) is 9.79. The second-order valence-electron chi connectivity index (χ2n) is 5.40. The Kier molecular flexibility index (Phi) is 3.97. The van der Waals surface area contributed by atoms with E-state index in [1.165, 1.54) is 5.39 Å². The van der Waals surface area contributed by atoms with Crippen LogP contribution in [0.3, 0.4) is 0 Å². The van der Waals surface area contributed by atoms with Crippen LogP contribution in [0.4, 0.5) is 0 Å². The minimum absolute atomic E-state index is 0.463. The molecule has 108 valence electrons. The maximum absolute atomic E-state index is 5.35. The fourth-order valence-electron chi connectivity index (χ4n) is 2.35. The quantitative estimate of drug-likeness (QED) is 0.778. The van der Waals surface area contributed by atoms with Crippen molar-refractivity contribution in [3.8, 4) is 11.4 Å². The summed E-state index contributed by atoms with van der Waals surface area (Å²) >= 11 is 0. The topological polar surface area (TPSA) is 51.0 Å². The molecule has 21 heavy (non-hydrogen) atoms. The molecule has 0 radical (unpaired) electrons. The third-order valence-electron chi connectivity index (χ3n) is 3.39. The number of fused-ring (bicyclic) bond motifs is 1. The predicted octanol–water partition coefficient (Wildman–Crippen LogP) is 3.43. The van der Waals surface area contributed by atoms with Crippen molar-refractivity contribution in [2.75, 3.05) is 6.54 Å². The summed E-state index contributed by atoms with van der Waals surface area (Å²) in [4.78, 5) is 4.51. The van der Waals surface area contributed by atoms with Gasteiger partial charge in [-0.05, 0) is 10.8 Å². The average Bonchev–Trinajstić information content (AvgIpc) is 2.95. The molecule has 1 heterocycles. The molecule has 3 aromatic rings. The highest BCUT2D eigenvalue weighted by Gasteiger charge is 2.11. The van der Waals surface area contributed by atoms with E-state index in [9.17, 15) is 0 Å². The van der Waals surface area contributed by atoms with Gasteiger partial charge < -0.3 is 9.84 Å². The van der Waals surface area contributed by atoms with Crippen LogP contribution in [0.15, 0.2) is 47.0 Å². The predicted molar refractivity (Wildman–Crippen MR) is 84.1 cm³/mol. The molecule has 0 aliphatic carbocycles. The Morgan fingerprint density at radius 2 is 1.90 bits per heavy atom. The molecule has 0 atom stereocenters. The van der Waals surface area contributed by atoms with E-state index in [1.807, 2.05) is 24.3 Å². The SMILES string of the molecule is CC(C)NCCc1nc(-c2cccc3ccccc23)no1. The van der Waals surface area contributed by atoms with Crippen molar-refractivity contribution in [2.45, 2.75) is 26.3 Å². The van der Waals surface area contributed by atoms with Gasteiger partial charge in [0.15, 0.2) is 0 Å². The zero-order chi connectivity index (χ0) is 14.7. The lowest BCUT2D eigenvalue weighted by Gasteiger charge is -2.04. The lowest BCUT2D eigenvalue weighted by atomic mass is 10.0. The standard InChI is InChI=1S/C17H19N3O/c1-12(2)18-11-10-16-19-17(20-21-16)15-9-5-7-13-6-3-4-8-14(13)15/h3-9,12,18H,10-11H2,1-2H3. The van der Waals surface area contributed by atoms with E-state index >= 15 is 0 Å². The van der Waals surface area contributed by atoms with Crippen LogP contribution in [0.5, 0.6) is 0 Å². The number of rotatable bonds is 5. The molecule has 0 saturated carbocycles. The normalized spacial score (nSPS) is 11.4. The van der Waals surface area contributed by atoms with E-state index in [1.54, 1.807) is 0 Å². The van der Waals surface area contributed by atoms with Crippen molar-refractivity contribution in [3.63, 3.8) is 0 Å². The van der Waals surface area contributed by atoms with Crippen molar-refractivity contribution >= 4 is 10.8 Å². The number of aromatic nitrogens is 2. The maximum Gasteiger partial charge on any atom is 0.228 e. The molecule has 0 bridgehead atoms. The first kappa shape index (κ1) is 13.8. The summed E-state index contributed by atoms with van der Waals surface area (Å²) in [5.41, 5.74) is 1.01. The van der Waals surface area contributed by atoms with Gasteiger partial charge in [-0.25, -0.2) is 0 Å². The molecule has 4 heteroatoms. The van der Waals surface area contributed by atoms with E-state index in [4.69, 9.17) is 4.52 Å². The zero-order valence-corrected chi connectivity index (χ0v) is 12.3. The van der Waals surface area contributed by atoms with Crippen LogP contribution in [0.1, 0.15) is 19.7 Å². The molecule has 1 aromatic heterocycles. The molecular formula is C17H19N3O. The average molecular weight is 281 g/mol. The lowest BCUT2D eigenvalue weighted by Crippen LogP contribution is -2.25. The van der Waals surface area contributed by atoms with Gasteiger partial charge in [0.2, 0.25) is 11.7 Å². The van der Waals surface area contributed by atoms with E-state index in [0.29, 0.717) is 17.8 Å². The van der Waals surface area contributed by atoms with Crippen molar-refractivity contribution in [1.29, 1.82) is 0 Å². The molecular weight excluding hydrogens is 262 g/mol. The van der Waals surface area contributed by atoms with E-state index in [2.05, 4.69) is 47.5 Å². The second kappa shape index (κ2) is 6.06. The first-order chi connectivity index (χ1) is 10.2. The Labute approximate surface area is 124 Å². The third-order valence-corrected chi connectivity index (χ3v) is 3.39. The highest BCUT2D eigenvalue weighted by Crippen LogP contribution is 2.26. The number of nitrogens with one attached hydrogen (secondary N) is 1. The zero-order valence-electron chi connectivity index (χ0n) is 12.3. The molecule has 0 aliphatic rings. The van der Waals surface area contributed by atoms with Gasteiger partial charge in [0.25, 0.3) is 0 Å². The summed E-state index contributed by atoms with van der Waals surface area (Å²) < 4.78 is 5.35. The number of hydrogen-bond acceptors (Lipinski definition) is 4. The first-order valence-corrected chi connectivity index (χ1v) is 7.28. The summed E-state index contributed by atoms with van der Waals surface area (Å²) in [6.45, 7) is 5.08. The van der Waals surface area contributed by atoms with Crippen LogP contribution >= 0.6 is 0 Å². The van der Waals surface area contributed by atoms with E-state index in [0.717, 1.165) is 23.9 Å². The van der Waals surface area contributed by atoms with Crippen LogP contribution < -0.4 is 5.32 Å². The van der Waals surface area contributed by atoms with Gasteiger partial charge in [-0.2, -0.15) is 4.98 Å². The molecule has 0 amide bonds. The molecule has 0 fully saturated rings. The Hall–Kier alpha value is -2.20. The van der Waals surface area contributed by atoms with Crippen LogP contribution in [0.2, 0.25) is 0 Å². The highest BCUT2D eigenvalue weighted by atomic mass is 16.5. The van der Waals surface area contributed by atoms with Gasteiger partial charge >= 0.3 is 0 Å². The molecule has 0 unspecified atom stereocenters. The van der Waals surface area contributed by atoms with Crippen molar-refractivity contribution < 1.29 is 4.52 Å². The Morgan fingerprint density at radius 1 is 1.10 bits per heavy atom. The summed E-state index contributed by atoms with van der Waals surface area (Å²) in [7, 11) is 0. The van der Waals surface area contributed by atoms with Gasteiger partial charge in [-0.15, -0.1) is 0 Å². The largest absolute Gasteiger partial charge is 0.339 e. The highest BCUT2D eigenvalue weighted by molar-refractivity contribution is 5.94. The summed E-state index contributed by atoms with van der Waals surface area (Å²) in [5.74, 6) is 1.33. The van der Waals surface area contributed by atoms with Crippen molar-refractivity contribution in [3.05, 3.63) is 48.4 Å². The number of nitrogens with zero attached hydrogens (tertiary/aromatic N) is 2. The fourth-order valence-corrected chi connectivity index (χ4v) is 2.35. The van der Waals surface area contributed by atoms with E-state index in [-0.39, 0.29) is 0 Å². The molecule has 0 aliphatic heterocycles. The minimum Gasteiger partial charge on any atom is -0.339 e.